The highest BCUT2D eigenvalue weighted by Crippen LogP contribution is 2.53. The summed E-state index contributed by atoms with van der Waals surface area (Å²) in [6.45, 7) is 11.4. The van der Waals surface area contributed by atoms with Crippen molar-refractivity contribution >= 4 is 19.7 Å². The molecular weight excluding hydrogens is 805 g/mol. The second kappa shape index (κ2) is 18.0. The van der Waals surface area contributed by atoms with E-state index in [1.807, 2.05) is 96.1 Å². The molecule has 12 nitrogen and oxygen atoms in total. The summed E-state index contributed by atoms with van der Waals surface area (Å²) in [5, 5.41) is 26.8. The molecule has 60 heavy (non-hydrogen) atoms. The maximum atomic E-state index is 14.8. The van der Waals surface area contributed by atoms with Crippen molar-refractivity contribution in [2.24, 2.45) is 0 Å². The Morgan fingerprint density at radius 1 is 0.700 bits per heavy atom. The summed E-state index contributed by atoms with van der Waals surface area (Å²) < 4.78 is 81.9. The molecular formula is C46H60N2O10S2. The zero-order chi connectivity index (χ0) is 43.6. The number of benzene rings is 4. The molecule has 2 heterocycles. The first-order valence-electron chi connectivity index (χ1n) is 20.8. The molecule has 0 unspecified atom stereocenters. The highest BCUT2D eigenvalue weighted by atomic mass is 32.2. The molecule has 0 bridgehead atoms. The lowest BCUT2D eigenvalue weighted by molar-refractivity contribution is -0.193. The van der Waals surface area contributed by atoms with Crippen LogP contribution in [0.15, 0.2) is 88.7 Å². The lowest BCUT2D eigenvalue weighted by Gasteiger charge is -2.41. The molecule has 0 saturated carbocycles. The summed E-state index contributed by atoms with van der Waals surface area (Å²) in [7, 11) is -5.11. The second-order valence-electron chi connectivity index (χ2n) is 16.3. The minimum atomic E-state index is -4.14. The number of methoxy groups -OCH3 is 2. The van der Waals surface area contributed by atoms with Gasteiger partial charge >= 0.3 is 0 Å². The van der Waals surface area contributed by atoms with Crippen molar-refractivity contribution in [3.05, 3.63) is 107 Å². The number of hydrogen-bond acceptors (Lipinski definition) is 12. The van der Waals surface area contributed by atoms with E-state index in [9.17, 15) is 27.3 Å². The number of ether oxygens (including phenoxy) is 4. The van der Waals surface area contributed by atoms with E-state index in [-0.39, 0.29) is 51.3 Å². The van der Waals surface area contributed by atoms with Crippen LogP contribution in [0.4, 0.5) is 0 Å². The van der Waals surface area contributed by atoms with Crippen molar-refractivity contribution in [1.82, 2.24) is 10.1 Å². The number of rotatable bonds is 15. The van der Waals surface area contributed by atoms with Gasteiger partial charge < -0.3 is 29.4 Å². The monoisotopic (exact) mass is 864 g/mol. The molecule has 0 spiro atoms. The van der Waals surface area contributed by atoms with Crippen LogP contribution >= 0.6 is 0 Å². The van der Waals surface area contributed by atoms with Crippen LogP contribution in [-0.2, 0) is 26.3 Å². The summed E-state index contributed by atoms with van der Waals surface area (Å²) in [5.74, 6) is 0.147. The van der Waals surface area contributed by atoms with Crippen molar-refractivity contribution in [1.29, 1.82) is 0 Å². The van der Waals surface area contributed by atoms with E-state index in [1.54, 1.807) is 24.3 Å². The third kappa shape index (κ3) is 8.38. The first kappa shape index (κ1) is 45.3. The summed E-state index contributed by atoms with van der Waals surface area (Å²) in [5.41, 5.74) is 0.601. The van der Waals surface area contributed by atoms with Gasteiger partial charge in [-0.05, 0) is 80.0 Å². The number of hydroxylamine groups is 4. The Kier molecular flexibility index (Phi) is 13.6. The molecule has 0 radical (unpaired) electrons. The quantitative estimate of drug-likeness (QED) is 0.117. The standard InChI is InChI=1S/C46H60N2O10S2/c1-9-24-45(11-3)29-59(51,52)39-26-35(58-31(5)6)22-23-36(39)40(47(45)49)34-20-18-32(19-21-34)28-57-43-42(56-8)38(55-7)27-37-41(33-16-14-13-15-17-33)48(50)46(12-4,25-10-2)30-60(53,54)44(37)43/h13-23,26-27,31,40-41,49-50H,9-12,24-25,28-30H2,1-8H3/t40-,41-,45-,46-/m1/s1. The summed E-state index contributed by atoms with van der Waals surface area (Å²) in [6.07, 6.45) is 2.80. The molecule has 2 aliphatic heterocycles. The molecule has 0 aromatic heterocycles. The van der Waals surface area contributed by atoms with Crippen LogP contribution in [0.1, 0.15) is 120 Å². The fraction of sp³-hybridized carbons (Fsp3) is 0.478. The molecule has 2 N–H and O–H groups in total. The molecule has 0 saturated heterocycles. The van der Waals surface area contributed by atoms with Gasteiger partial charge in [-0.1, -0.05) is 101 Å². The minimum absolute atomic E-state index is 0.0233. The van der Waals surface area contributed by atoms with Gasteiger partial charge in [0.05, 0.1) is 59.9 Å². The maximum absolute atomic E-state index is 14.8. The zero-order valence-electron chi connectivity index (χ0n) is 36.0. The Morgan fingerprint density at radius 3 is 1.80 bits per heavy atom. The lowest BCUT2D eigenvalue weighted by Crippen LogP contribution is -2.51. The largest absolute Gasteiger partial charge is 0.493 e. The molecule has 326 valence electrons. The fourth-order valence-corrected chi connectivity index (χ4v) is 13.7. The van der Waals surface area contributed by atoms with Gasteiger partial charge in [0.2, 0.25) is 5.75 Å². The van der Waals surface area contributed by atoms with Gasteiger partial charge in [-0.25, -0.2) is 16.8 Å². The lowest BCUT2D eigenvalue weighted by atomic mass is 9.87. The predicted octanol–water partition coefficient (Wildman–Crippen LogP) is 9.10. The van der Waals surface area contributed by atoms with Crippen LogP contribution in [0, 0.1) is 0 Å². The van der Waals surface area contributed by atoms with E-state index in [4.69, 9.17) is 18.9 Å². The molecule has 14 heteroatoms. The van der Waals surface area contributed by atoms with E-state index in [2.05, 4.69) is 0 Å². The van der Waals surface area contributed by atoms with Crippen LogP contribution in [0.5, 0.6) is 23.0 Å². The van der Waals surface area contributed by atoms with Gasteiger partial charge in [0.25, 0.3) is 0 Å². The zero-order valence-corrected chi connectivity index (χ0v) is 37.6. The SMILES string of the molecule is CCC[C@]1(CC)CS(=O)(=O)c2cc(OC(C)C)ccc2[C@@H](c2ccc(COc3c(OC)c(OC)cc4c3S(=O)(=O)C[C@@](CC)(CCC)N(O)[C@@H]4c3ccccc3)cc2)N1O. The molecule has 0 amide bonds. The number of hydrogen-bond donors (Lipinski definition) is 2. The van der Waals surface area contributed by atoms with E-state index >= 15 is 0 Å². The number of fused-ring (bicyclic) bond motifs is 2. The fourth-order valence-electron chi connectivity index (χ4n) is 9.19. The molecule has 4 aromatic rings. The van der Waals surface area contributed by atoms with Gasteiger partial charge in [0.1, 0.15) is 17.3 Å². The third-order valence-electron chi connectivity index (χ3n) is 12.1. The van der Waals surface area contributed by atoms with Crippen molar-refractivity contribution in [3.8, 4) is 23.0 Å². The van der Waals surface area contributed by atoms with Crippen LogP contribution in [-0.4, -0.2) is 80.3 Å². The number of sulfone groups is 2. The normalized spacial score (nSPS) is 23.9. The highest BCUT2D eigenvalue weighted by Gasteiger charge is 2.50. The third-order valence-corrected chi connectivity index (χ3v) is 16.0. The minimum Gasteiger partial charge on any atom is -0.493 e. The van der Waals surface area contributed by atoms with Gasteiger partial charge in [0.15, 0.2) is 31.2 Å². The van der Waals surface area contributed by atoms with Gasteiger partial charge in [-0.2, -0.15) is 10.1 Å². The van der Waals surface area contributed by atoms with E-state index in [0.717, 1.165) is 0 Å². The average molecular weight is 865 g/mol. The van der Waals surface area contributed by atoms with E-state index in [0.29, 0.717) is 72.1 Å². The van der Waals surface area contributed by atoms with Crippen LogP contribution < -0.4 is 18.9 Å². The van der Waals surface area contributed by atoms with Crippen molar-refractivity contribution in [2.75, 3.05) is 25.7 Å². The van der Waals surface area contributed by atoms with Gasteiger partial charge in [-0.3, -0.25) is 0 Å². The van der Waals surface area contributed by atoms with Crippen LogP contribution in [0.2, 0.25) is 0 Å². The van der Waals surface area contributed by atoms with Crippen molar-refractivity contribution in [2.45, 2.75) is 126 Å². The molecule has 2 aliphatic rings. The molecule has 0 fully saturated rings. The van der Waals surface area contributed by atoms with E-state index < -0.39 is 42.8 Å². The predicted molar refractivity (Wildman–Crippen MR) is 230 cm³/mol. The first-order chi connectivity index (χ1) is 28.6. The molecule has 4 atom stereocenters. The highest BCUT2D eigenvalue weighted by molar-refractivity contribution is 7.92. The van der Waals surface area contributed by atoms with E-state index in [1.165, 1.54) is 24.3 Å². The summed E-state index contributed by atoms with van der Waals surface area (Å²) in [4.78, 5) is 0.0489. The molecule has 0 aliphatic carbocycles. The van der Waals surface area contributed by atoms with Gasteiger partial charge in [-0.15, -0.1) is 0 Å². The van der Waals surface area contributed by atoms with Gasteiger partial charge in [0, 0.05) is 5.56 Å². The smallest absolute Gasteiger partial charge is 0.204 e. The number of nitrogens with zero attached hydrogens (tertiary/aromatic N) is 2. The summed E-state index contributed by atoms with van der Waals surface area (Å²) in [6, 6.07) is 21.5. The Morgan fingerprint density at radius 2 is 1.27 bits per heavy atom. The molecule has 6 rings (SSSR count). The first-order valence-corrected chi connectivity index (χ1v) is 24.1. The Labute approximate surface area is 355 Å². The topological polar surface area (TPSA) is 152 Å². The average Bonchev–Trinajstić information content (AvgIpc) is 3.34. The maximum Gasteiger partial charge on any atom is 0.204 e. The van der Waals surface area contributed by atoms with Crippen LogP contribution in [0.25, 0.3) is 0 Å². The Hall–Kier alpha value is -4.18. The van der Waals surface area contributed by atoms with Crippen LogP contribution in [0.3, 0.4) is 0 Å². The molecule has 4 aromatic carbocycles. The van der Waals surface area contributed by atoms with Crippen molar-refractivity contribution in [3.63, 3.8) is 0 Å². The summed E-state index contributed by atoms with van der Waals surface area (Å²) >= 11 is 0. The second-order valence-corrected chi connectivity index (χ2v) is 20.2. The van der Waals surface area contributed by atoms with Crippen molar-refractivity contribution < 1.29 is 46.2 Å². The Bertz CT molecular complexity index is 2360. The Balaban J connectivity index is 1.45.